The number of rotatable bonds is 2. The molecule has 2 aliphatic heterocycles. The lowest BCUT2D eigenvalue weighted by Crippen LogP contribution is -2.53. The highest BCUT2D eigenvalue weighted by Crippen LogP contribution is 2.23. The third-order valence-electron chi connectivity index (χ3n) is 3.70. The van der Waals surface area contributed by atoms with E-state index in [1.54, 1.807) is 0 Å². The predicted octanol–water partition coefficient (Wildman–Crippen LogP) is 0.722. The van der Waals surface area contributed by atoms with Crippen molar-refractivity contribution in [1.29, 1.82) is 0 Å². The molecule has 1 N–H and O–H groups in total. The average molecular weight is 247 g/mol. The van der Waals surface area contributed by atoms with E-state index in [0.717, 1.165) is 38.9 Å². The first-order chi connectivity index (χ1) is 7.49. The van der Waals surface area contributed by atoms with Gasteiger partial charge in [-0.2, -0.15) is 0 Å². The zero-order valence-corrected chi connectivity index (χ0v) is 10.7. The highest BCUT2D eigenvalue weighted by atomic mass is 32.2. The van der Waals surface area contributed by atoms with Crippen LogP contribution in [0.25, 0.3) is 0 Å². The van der Waals surface area contributed by atoms with Crippen LogP contribution in [0, 0.1) is 0 Å². The third-order valence-corrected chi connectivity index (χ3v) is 5.42. The highest BCUT2D eigenvalue weighted by Gasteiger charge is 2.32. The van der Waals surface area contributed by atoms with Crippen molar-refractivity contribution in [3.8, 4) is 0 Å². The maximum Gasteiger partial charge on any atom is 0.150 e. The molecule has 2 aliphatic rings. The highest BCUT2D eigenvalue weighted by molar-refractivity contribution is 7.91. The fraction of sp³-hybridized carbons (Fsp3) is 1.00. The van der Waals surface area contributed by atoms with Gasteiger partial charge in [0, 0.05) is 24.8 Å². The van der Waals surface area contributed by atoms with Gasteiger partial charge in [-0.05, 0) is 32.6 Å². The van der Waals surface area contributed by atoms with Crippen LogP contribution in [0.2, 0.25) is 0 Å². The van der Waals surface area contributed by atoms with Crippen molar-refractivity contribution in [3.63, 3.8) is 0 Å². The second-order valence-electron chi connectivity index (χ2n) is 5.24. The van der Waals surface area contributed by atoms with Crippen LogP contribution in [0.3, 0.4) is 0 Å². The van der Waals surface area contributed by atoms with Crippen LogP contribution in [0.5, 0.6) is 0 Å². The summed E-state index contributed by atoms with van der Waals surface area (Å²) >= 11 is 0. The van der Waals surface area contributed by atoms with Crippen LogP contribution in [0.15, 0.2) is 0 Å². The zero-order valence-electron chi connectivity index (χ0n) is 9.87. The minimum Gasteiger partial charge on any atom is -0.381 e. The van der Waals surface area contributed by atoms with E-state index in [1.165, 1.54) is 0 Å². The van der Waals surface area contributed by atoms with Gasteiger partial charge in [0.25, 0.3) is 0 Å². The first-order valence-corrected chi connectivity index (χ1v) is 7.87. The molecule has 0 aromatic heterocycles. The first kappa shape index (κ1) is 12.3. The van der Waals surface area contributed by atoms with Crippen LogP contribution in [0.4, 0.5) is 0 Å². The Labute approximate surface area is 97.7 Å². The van der Waals surface area contributed by atoms with E-state index in [0.29, 0.717) is 17.5 Å². The molecule has 0 unspecified atom stereocenters. The summed E-state index contributed by atoms with van der Waals surface area (Å²) in [6.45, 7) is 3.85. The number of hydrogen-bond acceptors (Lipinski definition) is 4. The zero-order chi connectivity index (χ0) is 11.6. The van der Waals surface area contributed by atoms with Crippen molar-refractivity contribution in [3.05, 3.63) is 0 Å². The van der Waals surface area contributed by atoms with E-state index in [-0.39, 0.29) is 5.54 Å². The van der Waals surface area contributed by atoms with E-state index in [1.807, 2.05) is 0 Å². The SMILES string of the molecule is CC1(NC2CCS(=O)(=O)CC2)CCOCC1. The Morgan fingerprint density at radius 3 is 2.31 bits per heavy atom. The minimum absolute atomic E-state index is 0.143. The summed E-state index contributed by atoms with van der Waals surface area (Å²) < 4.78 is 28.0. The Morgan fingerprint density at radius 2 is 1.75 bits per heavy atom. The van der Waals surface area contributed by atoms with Crippen molar-refractivity contribution in [2.75, 3.05) is 24.7 Å². The number of ether oxygens (including phenoxy) is 1. The number of nitrogens with one attached hydrogen (secondary N) is 1. The second kappa shape index (κ2) is 4.63. The summed E-state index contributed by atoms with van der Waals surface area (Å²) in [6, 6.07) is 0.367. The van der Waals surface area contributed by atoms with Gasteiger partial charge in [0.1, 0.15) is 9.84 Å². The van der Waals surface area contributed by atoms with Gasteiger partial charge in [-0.1, -0.05) is 0 Å². The minimum atomic E-state index is -2.74. The lowest BCUT2D eigenvalue weighted by Gasteiger charge is -2.39. The summed E-state index contributed by atoms with van der Waals surface area (Å²) in [5.74, 6) is 0.689. The molecule has 0 aliphatic carbocycles. The Bertz CT molecular complexity index is 319. The topological polar surface area (TPSA) is 55.4 Å². The van der Waals surface area contributed by atoms with Crippen LogP contribution in [-0.2, 0) is 14.6 Å². The van der Waals surface area contributed by atoms with Gasteiger partial charge in [0.05, 0.1) is 11.5 Å². The molecule has 0 amide bonds. The van der Waals surface area contributed by atoms with Crippen molar-refractivity contribution in [2.24, 2.45) is 0 Å². The van der Waals surface area contributed by atoms with Crippen LogP contribution in [0.1, 0.15) is 32.6 Å². The van der Waals surface area contributed by atoms with Crippen molar-refractivity contribution in [1.82, 2.24) is 5.32 Å². The van der Waals surface area contributed by atoms with E-state index >= 15 is 0 Å². The third kappa shape index (κ3) is 3.18. The molecule has 94 valence electrons. The molecule has 2 saturated heterocycles. The molecule has 16 heavy (non-hydrogen) atoms. The quantitative estimate of drug-likeness (QED) is 0.781. The monoisotopic (exact) mass is 247 g/mol. The fourth-order valence-electron chi connectivity index (χ4n) is 2.49. The summed E-state index contributed by atoms with van der Waals surface area (Å²) in [6.07, 6.45) is 3.57. The van der Waals surface area contributed by atoms with E-state index < -0.39 is 9.84 Å². The van der Waals surface area contributed by atoms with Gasteiger partial charge in [-0.15, -0.1) is 0 Å². The largest absolute Gasteiger partial charge is 0.381 e. The molecule has 2 rings (SSSR count). The van der Waals surface area contributed by atoms with Gasteiger partial charge in [-0.25, -0.2) is 8.42 Å². The summed E-state index contributed by atoms with van der Waals surface area (Å²) in [5.41, 5.74) is 0.143. The Balaban J connectivity index is 1.86. The fourth-order valence-corrected chi connectivity index (χ4v) is 3.98. The van der Waals surface area contributed by atoms with E-state index in [9.17, 15) is 8.42 Å². The molecule has 0 radical (unpaired) electrons. The Hall–Kier alpha value is -0.130. The van der Waals surface area contributed by atoms with Gasteiger partial charge in [-0.3, -0.25) is 0 Å². The van der Waals surface area contributed by atoms with Crippen molar-refractivity contribution in [2.45, 2.75) is 44.2 Å². The van der Waals surface area contributed by atoms with Gasteiger partial charge in [0.2, 0.25) is 0 Å². The molecular weight excluding hydrogens is 226 g/mol. The molecule has 2 fully saturated rings. The lowest BCUT2D eigenvalue weighted by molar-refractivity contribution is 0.0399. The average Bonchev–Trinajstić information content (AvgIpc) is 2.22. The molecule has 2 heterocycles. The van der Waals surface area contributed by atoms with E-state index in [2.05, 4.69) is 12.2 Å². The maximum atomic E-state index is 11.3. The molecule has 0 aromatic rings. The smallest absolute Gasteiger partial charge is 0.150 e. The van der Waals surface area contributed by atoms with Gasteiger partial charge >= 0.3 is 0 Å². The Morgan fingerprint density at radius 1 is 1.19 bits per heavy atom. The van der Waals surface area contributed by atoms with Crippen LogP contribution < -0.4 is 5.32 Å². The number of hydrogen-bond donors (Lipinski definition) is 1. The maximum absolute atomic E-state index is 11.3. The molecule has 0 aromatic carbocycles. The summed E-state index contributed by atoms with van der Waals surface area (Å²) in [7, 11) is -2.74. The molecule has 0 atom stereocenters. The molecule has 0 spiro atoms. The molecule has 0 saturated carbocycles. The molecule has 5 heteroatoms. The summed E-state index contributed by atoms with van der Waals surface area (Å²) in [4.78, 5) is 0. The molecular formula is C11H21NO3S. The van der Waals surface area contributed by atoms with Crippen molar-refractivity contribution < 1.29 is 13.2 Å². The van der Waals surface area contributed by atoms with Crippen molar-refractivity contribution >= 4 is 9.84 Å². The first-order valence-electron chi connectivity index (χ1n) is 6.05. The second-order valence-corrected chi connectivity index (χ2v) is 7.55. The van der Waals surface area contributed by atoms with Gasteiger partial charge in [0.15, 0.2) is 0 Å². The van der Waals surface area contributed by atoms with Crippen LogP contribution >= 0.6 is 0 Å². The van der Waals surface area contributed by atoms with E-state index in [4.69, 9.17) is 4.74 Å². The number of sulfone groups is 1. The lowest BCUT2D eigenvalue weighted by atomic mass is 9.90. The predicted molar refractivity (Wildman–Crippen MR) is 63.3 cm³/mol. The summed E-state index contributed by atoms with van der Waals surface area (Å²) in [5, 5.41) is 3.63. The Kier molecular flexibility index (Phi) is 3.56. The molecule has 4 nitrogen and oxygen atoms in total. The van der Waals surface area contributed by atoms with Gasteiger partial charge < -0.3 is 10.1 Å². The molecule has 0 bridgehead atoms. The van der Waals surface area contributed by atoms with Crippen LogP contribution in [-0.4, -0.2) is 44.7 Å². The normalized spacial score (nSPS) is 30.1. The standard InChI is InChI=1S/C11H21NO3S/c1-11(4-6-15-7-5-11)12-10-2-8-16(13,14)9-3-10/h10,12H,2-9H2,1H3.